The third-order valence-electron chi connectivity index (χ3n) is 4.50. The molecule has 1 aromatic carbocycles. The minimum absolute atomic E-state index is 0.808. The second kappa shape index (κ2) is 6.94. The van der Waals surface area contributed by atoms with Crippen LogP contribution < -0.4 is 5.32 Å². The summed E-state index contributed by atoms with van der Waals surface area (Å²) < 4.78 is 0. The molecule has 1 unspecified atom stereocenters. The molecule has 0 bridgehead atoms. The molecule has 2 aliphatic rings. The van der Waals surface area contributed by atoms with Crippen LogP contribution in [0.3, 0.4) is 0 Å². The van der Waals surface area contributed by atoms with Gasteiger partial charge in [-0.15, -0.1) is 0 Å². The summed E-state index contributed by atoms with van der Waals surface area (Å²) in [7, 11) is 0. The smallest absolute Gasteiger partial charge is 0.0343 e. The number of hydrogen-bond acceptors (Lipinski definition) is 2. The van der Waals surface area contributed by atoms with Crippen molar-refractivity contribution in [1.82, 2.24) is 4.90 Å². The Hall–Kier alpha value is -1.28. The molecule has 1 N–H and O–H groups in total. The Balaban J connectivity index is 1.52. The summed E-state index contributed by atoms with van der Waals surface area (Å²) in [4.78, 5) is 2.56. The normalized spacial score (nSPS) is 23.1. The van der Waals surface area contributed by atoms with Crippen molar-refractivity contribution >= 4 is 5.69 Å². The monoisotopic (exact) mass is 270 g/mol. The van der Waals surface area contributed by atoms with Gasteiger partial charge in [-0.05, 0) is 68.8 Å². The first-order valence-electron chi connectivity index (χ1n) is 8.10. The first-order valence-corrected chi connectivity index (χ1v) is 8.10. The summed E-state index contributed by atoms with van der Waals surface area (Å²) in [6.07, 6.45) is 11.2. The molecular formula is C18H26N2. The van der Waals surface area contributed by atoms with Crippen LogP contribution in [0.15, 0.2) is 36.4 Å². The van der Waals surface area contributed by atoms with Crippen molar-refractivity contribution in [3.8, 4) is 0 Å². The predicted octanol–water partition coefficient (Wildman–Crippen LogP) is 4.05. The molecule has 1 atom stereocenters. The van der Waals surface area contributed by atoms with Crippen LogP contribution in [0.5, 0.6) is 0 Å². The van der Waals surface area contributed by atoms with E-state index in [0.29, 0.717) is 0 Å². The van der Waals surface area contributed by atoms with Crippen LogP contribution in [0.2, 0.25) is 0 Å². The molecule has 108 valence electrons. The molecule has 0 aromatic heterocycles. The van der Waals surface area contributed by atoms with Gasteiger partial charge in [-0.1, -0.05) is 24.3 Å². The SMILES string of the molecule is C1=CCC(CNc2cccc(CN3CCCC3)c2)CC1. The Morgan fingerprint density at radius 1 is 1.15 bits per heavy atom. The van der Waals surface area contributed by atoms with E-state index >= 15 is 0 Å². The van der Waals surface area contributed by atoms with Gasteiger partial charge in [0.15, 0.2) is 0 Å². The third kappa shape index (κ3) is 3.86. The second-order valence-electron chi connectivity index (χ2n) is 6.22. The lowest BCUT2D eigenvalue weighted by Crippen LogP contribution is -2.18. The maximum absolute atomic E-state index is 3.63. The summed E-state index contributed by atoms with van der Waals surface area (Å²) >= 11 is 0. The topological polar surface area (TPSA) is 15.3 Å². The quantitative estimate of drug-likeness (QED) is 0.812. The fraction of sp³-hybridized carbons (Fsp3) is 0.556. The lowest BCUT2D eigenvalue weighted by Gasteiger charge is -2.19. The third-order valence-corrected chi connectivity index (χ3v) is 4.50. The maximum Gasteiger partial charge on any atom is 0.0343 e. The molecule has 1 saturated heterocycles. The second-order valence-corrected chi connectivity index (χ2v) is 6.22. The van der Waals surface area contributed by atoms with Crippen LogP contribution >= 0.6 is 0 Å². The van der Waals surface area contributed by atoms with Crippen molar-refractivity contribution in [3.63, 3.8) is 0 Å². The molecule has 1 aliphatic carbocycles. The minimum Gasteiger partial charge on any atom is -0.385 e. The molecule has 2 heteroatoms. The molecule has 1 fully saturated rings. The van der Waals surface area contributed by atoms with E-state index in [1.165, 1.54) is 56.4 Å². The molecular weight excluding hydrogens is 244 g/mol. The Morgan fingerprint density at radius 2 is 2.05 bits per heavy atom. The van der Waals surface area contributed by atoms with Crippen LogP contribution in [0.1, 0.15) is 37.7 Å². The number of allylic oxidation sites excluding steroid dienone is 2. The summed E-state index contributed by atoms with van der Waals surface area (Å²) in [5, 5.41) is 3.63. The molecule has 0 amide bonds. The zero-order valence-corrected chi connectivity index (χ0v) is 12.4. The van der Waals surface area contributed by atoms with Gasteiger partial charge in [-0.3, -0.25) is 4.90 Å². The van der Waals surface area contributed by atoms with E-state index in [1.807, 2.05) is 0 Å². The van der Waals surface area contributed by atoms with Crippen molar-refractivity contribution < 1.29 is 0 Å². The summed E-state index contributed by atoms with van der Waals surface area (Å²) in [6.45, 7) is 4.76. The van der Waals surface area contributed by atoms with E-state index in [9.17, 15) is 0 Å². The van der Waals surface area contributed by atoms with E-state index in [4.69, 9.17) is 0 Å². The summed E-state index contributed by atoms with van der Waals surface area (Å²) in [5.41, 5.74) is 2.73. The molecule has 1 heterocycles. The Morgan fingerprint density at radius 3 is 2.85 bits per heavy atom. The van der Waals surface area contributed by atoms with Crippen molar-refractivity contribution in [1.29, 1.82) is 0 Å². The van der Waals surface area contributed by atoms with Gasteiger partial charge < -0.3 is 5.32 Å². The Kier molecular flexibility index (Phi) is 4.75. The average molecular weight is 270 g/mol. The number of benzene rings is 1. The molecule has 0 saturated carbocycles. The minimum atomic E-state index is 0.808. The van der Waals surface area contributed by atoms with Gasteiger partial charge in [0.1, 0.15) is 0 Å². The van der Waals surface area contributed by atoms with Gasteiger partial charge in [0, 0.05) is 18.8 Å². The van der Waals surface area contributed by atoms with Gasteiger partial charge in [0.2, 0.25) is 0 Å². The van der Waals surface area contributed by atoms with Gasteiger partial charge in [-0.2, -0.15) is 0 Å². The molecule has 1 aliphatic heterocycles. The first-order chi connectivity index (χ1) is 9.90. The number of nitrogens with one attached hydrogen (secondary N) is 1. The summed E-state index contributed by atoms with van der Waals surface area (Å²) in [6, 6.07) is 8.98. The van der Waals surface area contributed by atoms with Crippen molar-refractivity contribution in [3.05, 3.63) is 42.0 Å². The van der Waals surface area contributed by atoms with E-state index in [2.05, 4.69) is 46.6 Å². The van der Waals surface area contributed by atoms with Gasteiger partial charge >= 0.3 is 0 Å². The lowest BCUT2D eigenvalue weighted by atomic mass is 9.94. The lowest BCUT2D eigenvalue weighted by molar-refractivity contribution is 0.331. The molecule has 0 spiro atoms. The van der Waals surface area contributed by atoms with Crippen molar-refractivity contribution in [2.75, 3.05) is 25.0 Å². The fourth-order valence-corrected chi connectivity index (χ4v) is 3.28. The molecule has 20 heavy (non-hydrogen) atoms. The molecule has 3 rings (SSSR count). The molecule has 2 nitrogen and oxygen atoms in total. The van der Waals surface area contributed by atoms with E-state index in [1.54, 1.807) is 0 Å². The van der Waals surface area contributed by atoms with Crippen LogP contribution in [0.4, 0.5) is 5.69 Å². The van der Waals surface area contributed by atoms with Crippen LogP contribution in [0.25, 0.3) is 0 Å². The number of nitrogens with zero attached hydrogens (tertiary/aromatic N) is 1. The van der Waals surface area contributed by atoms with Crippen molar-refractivity contribution in [2.45, 2.75) is 38.6 Å². The summed E-state index contributed by atoms with van der Waals surface area (Å²) in [5.74, 6) is 0.808. The van der Waals surface area contributed by atoms with Gasteiger partial charge in [0.05, 0.1) is 0 Å². The van der Waals surface area contributed by atoms with E-state index < -0.39 is 0 Å². The largest absolute Gasteiger partial charge is 0.385 e. The number of rotatable bonds is 5. The van der Waals surface area contributed by atoms with E-state index in [-0.39, 0.29) is 0 Å². The first kappa shape index (κ1) is 13.7. The highest BCUT2D eigenvalue weighted by Gasteiger charge is 2.12. The van der Waals surface area contributed by atoms with E-state index in [0.717, 1.165) is 19.0 Å². The maximum atomic E-state index is 3.63. The standard InChI is InChI=1S/C18H26N2/c1-2-7-16(8-3-1)14-19-18-10-6-9-17(13-18)15-20-11-4-5-12-20/h1-2,6,9-10,13,16,19H,3-5,7-8,11-12,14-15H2. The predicted molar refractivity (Wildman–Crippen MR) is 85.9 cm³/mol. The fourth-order valence-electron chi connectivity index (χ4n) is 3.28. The highest BCUT2D eigenvalue weighted by molar-refractivity contribution is 5.45. The van der Waals surface area contributed by atoms with Gasteiger partial charge in [0.25, 0.3) is 0 Å². The van der Waals surface area contributed by atoms with Crippen LogP contribution in [0, 0.1) is 5.92 Å². The Labute approximate surface area is 122 Å². The highest BCUT2D eigenvalue weighted by Crippen LogP contribution is 2.20. The van der Waals surface area contributed by atoms with Crippen molar-refractivity contribution in [2.24, 2.45) is 5.92 Å². The zero-order valence-electron chi connectivity index (χ0n) is 12.4. The molecule has 0 radical (unpaired) electrons. The average Bonchev–Trinajstić information content (AvgIpc) is 3.00. The van der Waals surface area contributed by atoms with Crippen LogP contribution in [-0.2, 0) is 6.54 Å². The zero-order chi connectivity index (χ0) is 13.6. The highest BCUT2D eigenvalue weighted by atomic mass is 15.1. The van der Waals surface area contributed by atoms with Gasteiger partial charge in [-0.25, -0.2) is 0 Å². The number of hydrogen-bond donors (Lipinski definition) is 1. The molecule has 1 aromatic rings. The number of likely N-dealkylation sites (tertiary alicyclic amines) is 1. The Bertz CT molecular complexity index is 446. The van der Waals surface area contributed by atoms with Crippen LogP contribution in [-0.4, -0.2) is 24.5 Å². The number of anilines is 1.